The van der Waals surface area contributed by atoms with Crippen LogP contribution in [0.1, 0.15) is 53.0 Å². The highest BCUT2D eigenvalue weighted by molar-refractivity contribution is 6.15. The molecule has 2 saturated heterocycles. The predicted octanol–water partition coefficient (Wildman–Crippen LogP) is 4.02. The molecule has 2 atom stereocenters. The van der Waals surface area contributed by atoms with E-state index < -0.39 is 5.82 Å². The number of ether oxygens (including phenoxy) is 1. The molecule has 4 rings (SSSR count). The van der Waals surface area contributed by atoms with E-state index >= 15 is 0 Å². The maximum Gasteiger partial charge on any atom is 0.254 e. The van der Waals surface area contributed by atoms with Gasteiger partial charge in [-0.25, -0.2) is 4.39 Å². The highest BCUT2D eigenvalue weighted by atomic mass is 19.1. The van der Waals surface area contributed by atoms with Crippen molar-refractivity contribution in [2.24, 2.45) is 5.92 Å². The van der Waals surface area contributed by atoms with Crippen LogP contribution in [0.5, 0.6) is 0 Å². The van der Waals surface area contributed by atoms with E-state index in [4.69, 9.17) is 4.74 Å². The summed E-state index contributed by atoms with van der Waals surface area (Å²) < 4.78 is 19.1. The van der Waals surface area contributed by atoms with Gasteiger partial charge in [0, 0.05) is 43.9 Å². The molecule has 5 nitrogen and oxygen atoms in total. The number of morpholine rings is 1. The summed E-state index contributed by atoms with van der Waals surface area (Å²) in [6.45, 7) is 8.59. The Kier molecular flexibility index (Phi) is 7.01. The summed E-state index contributed by atoms with van der Waals surface area (Å²) in [5.41, 5.74) is 1.15. The van der Waals surface area contributed by atoms with Crippen molar-refractivity contribution < 1.29 is 18.7 Å². The zero-order valence-corrected chi connectivity index (χ0v) is 18.8. The number of ketones is 1. The number of hydrogen-bond donors (Lipinski definition) is 0. The summed E-state index contributed by atoms with van der Waals surface area (Å²) in [5.74, 6) is -0.204. The van der Waals surface area contributed by atoms with Gasteiger partial charge in [0.2, 0.25) is 0 Å². The third kappa shape index (κ3) is 5.25. The molecule has 0 saturated carbocycles. The third-order valence-electron chi connectivity index (χ3n) is 6.42. The lowest BCUT2D eigenvalue weighted by molar-refractivity contribution is -0.0728. The van der Waals surface area contributed by atoms with Gasteiger partial charge in [0.15, 0.2) is 5.78 Å². The number of carbonyl (C=O) groups is 2. The molecular weight excluding hydrogens is 407 g/mol. The van der Waals surface area contributed by atoms with Crippen molar-refractivity contribution in [2.75, 3.05) is 32.7 Å². The summed E-state index contributed by atoms with van der Waals surface area (Å²) in [7, 11) is 0. The van der Waals surface area contributed by atoms with Crippen LogP contribution in [0.25, 0.3) is 0 Å². The zero-order valence-electron chi connectivity index (χ0n) is 18.8. The van der Waals surface area contributed by atoms with Gasteiger partial charge in [-0.3, -0.25) is 14.5 Å². The highest BCUT2D eigenvalue weighted by Crippen LogP contribution is 2.24. The molecule has 2 aromatic carbocycles. The second-order valence-electron chi connectivity index (χ2n) is 9.09. The van der Waals surface area contributed by atoms with Gasteiger partial charge in [-0.2, -0.15) is 0 Å². The Morgan fingerprint density at radius 3 is 2.16 bits per heavy atom. The quantitative estimate of drug-likeness (QED) is 0.662. The first-order valence-corrected chi connectivity index (χ1v) is 11.5. The van der Waals surface area contributed by atoms with Crippen molar-refractivity contribution in [1.82, 2.24) is 9.80 Å². The number of likely N-dealkylation sites (tertiary alicyclic amines) is 1. The number of amides is 1. The first-order chi connectivity index (χ1) is 15.4. The largest absolute Gasteiger partial charge is 0.373 e. The van der Waals surface area contributed by atoms with Gasteiger partial charge in [-0.1, -0.05) is 18.2 Å². The molecule has 0 aromatic heterocycles. The first kappa shape index (κ1) is 22.6. The van der Waals surface area contributed by atoms with Gasteiger partial charge in [0.25, 0.3) is 5.91 Å². The Labute approximate surface area is 189 Å². The third-order valence-corrected chi connectivity index (χ3v) is 6.42. The average molecular weight is 439 g/mol. The molecule has 2 unspecified atom stereocenters. The van der Waals surface area contributed by atoms with Crippen LogP contribution < -0.4 is 0 Å². The van der Waals surface area contributed by atoms with E-state index in [-0.39, 0.29) is 23.9 Å². The number of hydrogen-bond acceptors (Lipinski definition) is 4. The monoisotopic (exact) mass is 438 g/mol. The maximum absolute atomic E-state index is 13.3. The van der Waals surface area contributed by atoms with Crippen LogP contribution in [0, 0.1) is 11.7 Å². The normalized spacial score (nSPS) is 22.7. The van der Waals surface area contributed by atoms with Gasteiger partial charge < -0.3 is 9.64 Å². The van der Waals surface area contributed by atoms with Crippen LogP contribution in [-0.2, 0) is 4.74 Å². The SMILES string of the molecule is CC1CN(CC2CCN(C(=O)c3ccccc3C(=O)c3ccc(F)cc3)CC2)CC(C)O1. The Balaban J connectivity index is 1.39. The van der Waals surface area contributed by atoms with Crippen molar-refractivity contribution in [1.29, 1.82) is 0 Å². The van der Waals surface area contributed by atoms with E-state index in [1.54, 1.807) is 24.3 Å². The molecule has 6 heteroatoms. The molecule has 2 aliphatic heterocycles. The lowest BCUT2D eigenvalue weighted by atomic mass is 9.93. The lowest BCUT2D eigenvalue weighted by Crippen LogP contribution is -2.48. The van der Waals surface area contributed by atoms with Gasteiger partial charge >= 0.3 is 0 Å². The van der Waals surface area contributed by atoms with Crippen molar-refractivity contribution in [3.8, 4) is 0 Å². The fourth-order valence-corrected chi connectivity index (χ4v) is 4.91. The van der Waals surface area contributed by atoms with Crippen LogP contribution in [-0.4, -0.2) is 66.4 Å². The number of nitrogens with zero attached hydrogens (tertiary/aromatic N) is 2. The molecule has 32 heavy (non-hydrogen) atoms. The molecule has 0 N–H and O–H groups in total. The molecule has 2 heterocycles. The summed E-state index contributed by atoms with van der Waals surface area (Å²) in [6, 6.07) is 12.4. The average Bonchev–Trinajstić information content (AvgIpc) is 2.78. The number of carbonyl (C=O) groups excluding carboxylic acids is 2. The highest BCUT2D eigenvalue weighted by Gasteiger charge is 2.29. The number of benzene rings is 2. The molecule has 0 aliphatic carbocycles. The molecule has 2 aliphatic rings. The van der Waals surface area contributed by atoms with E-state index in [2.05, 4.69) is 18.7 Å². The molecule has 1 amide bonds. The Hall–Kier alpha value is -2.57. The predicted molar refractivity (Wildman–Crippen MR) is 121 cm³/mol. The smallest absolute Gasteiger partial charge is 0.254 e. The standard InChI is InChI=1S/C26H31FN2O3/c1-18-15-28(16-19(2)32-18)17-20-11-13-29(14-12-20)26(31)24-6-4-3-5-23(24)25(30)21-7-9-22(27)10-8-21/h3-10,18-20H,11-17H2,1-2H3. The molecule has 0 radical (unpaired) electrons. The molecule has 0 spiro atoms. The fraction of sp³-hybridized carbons (Fsp3) is 0.462. The van der Waals surface area contributed by atoms with Crippen molar-refractivity contribution in [2.45, 2.75) is 38.9 Å². The van der Waals surface area contributed by atoms with Crippen molar-refractivity contribution >= 4 is 11.7 Å². The molecule has 170 valence electrons. The van der Waals surface area contributed by atoms with Gasteiger partial charge in [0.05, 0.1) is 17.8 Å². The van der Waals surface area contributed by atoms with Crippen LogP contribution in [0.15, 0.2) is 48.5 Å². The van der Waals surface area contributed by atoms with Gasteiger partial charge in [0.1, 0.15) is 5.82 Å². The topological polar surface area (TPSA) is 49.9 Å². The summed E-state index contributed by atoms with van der Waals surface area (Å²) in [5, 5.41) is 0. The summed E-state index contributed by atoms with van der Waals surface area (Å²) in [4.78, 5) is 30.6. The van der Waals surface area contributed by atoms with Crippen LogP contribution in [0.4, 0.5) is 4.39 Å². The minimum absolute atomic E-state index is 0.108. The van der Waals surface area contributed by atoms with Crippen LogP contribution in [0.2, 0.25) is 0 Å². The maximum atomic E-state index is 13.3. The van der Waals surface area contributed by atoms with Gasteiger partial charge in [-0.05, 0) is 62.9 Å². The van der Waals surface area contributed by atoms with E-state index in [9.17, 15) is 14.0 Å². The second-order valence-corrected chi connectivity index (χ2v) is 9.09. The Bertz CT molecular complexity index is 944. The Morgan fingerprint density at radius 1 is 0.938 bits per heavy atom. The van der Waals surface area contributed by atoms with Crippen LogP contribution >= 0.6 is 0 Å². The number of rotatable bonds is 5. The minimum Gasteiger partial charge on any atom is -0.373 e. The van der Waals surface area contributed by atoms with Crippen LogP contribution in [0.3, 0.4) is 0 Å². The van der Waals surface area contributed by atoms with Crippen molar-refractivity contribution in [3.05, 3.63) is 71.0 Å². The van der Waals surface area contributed by atoms with E-state index in [1.165, 1.54) is 24.3 Å². The molecular formula is C26H31FN2O3. The van der Waals surface area contributed by atoms with Crippen molar-refractivity contribution in [3.63, 3.8) is 0 Å². The second kappa shape index (κ2) is 9.92. The lowest BCUT2D eigenvalue weighted by Gasteiger charge is -2.39. The number of piperidine rings is 1. The Morgan fingerprint density at radius 2 is 1.53 bits per heavy atom. The van der Waals surface area contributed by atoms with Gasteiger partial charge in [-0.15, -0.1) is 0 Å². The summed E-state index contributed by atoms with van der Waals surface area (Å²) in [6.07, 6.45) is 2.44. The number of halogens is 1. The zero-order chi connectivity index (χ0) is 22.7. The molecule has 2 aromatic rings. The molecule has 0 bridgehead atoms. The minimum atomic E-state index is -0.394. The van der Waals surface area contributed by atoms with E-state index in [0.717, 1.165) is 32.5 Å². The first-order valence-electron chi connectivity index (χ1n) is 11.5. The summed E-state index contributed by atoms with van der Waals surface area (Å²) >= 11 is 0. The molecule has 2 fully saturated rings. The fourth-order valence-electron chi connectivity index (χ4n) is 4.91. The van der Waals surface area contributed by atoms with E-state index in [1.807, 2.05) is 4.90 Å². The van der Waals surface area contributed by atoms with E-state index in [0.29, 0.717) is 35.7 Å².